The lowest BCUT2D eigenvalue weighted by atomic mass is 9.94. The second-order valence-electron chi connectivity index (χ2n) is 4.09. The molecule has 1 aliphatic rings. The minimum atomic E-state index is -0.751. The van der Waals surface area contributed by atoms with E-state index in [0.717, 1.165) is 19.1 Å². The molecule has 0 saturated carbocycles. The van der Waals surface area contributed by atoms with Crippen LogP contribution in [0.1, 0.15) is 25.7 Å². The summed E-state index contributed by atoms with van der Waals surface area (Å²) in [7, 11) is 0. The maximum absolute atomic E-state index is 10.7. The Morgan fingerprint density at radius 2 is 2.19 bits per heavy atom. The van der Waals surface area contributed by atoms with Crippen LogP contribution in [0.25, 0.3) is 0 Å². The van der Waals surface area contributed by atoms with Crippen molar-refractivity contribution < 1.29 is 19.4 Å². The second kappa shape index (κ2) is 7.17. The van der Waals surface area contributed by atoms with E-state index in [2.05, 4.69) is 0 Å². The number of carbonyl (C=O) groups excluding carboxylic acids is 1. The highest BCUT2D eigenvalue weighted by Gasteiger charge is 2.26. The van der Waals surface area contributed by atoms with E-state index in [-0.39, 0.29) is 12.3 Å². The van der Waals surface area contributed by atoms with E-state index in [1.54, 1.807) is 0 Å². The van der Waals surface area contributed by atoms with Crippen LogP contribution in [0.3, 0.4) is 0 Å². The predicted octanol–water partition coefficient (Wildman–Crippen LogP) is 1.65. The molecular formula is C12H18O4. The van der Waals surface area contributed by atoms with Gasteiger partial charge in [0.1, 0.15) is 6.29 Å². The Balaban J connectivity index is 2.11. The molecule has 1 aliphatic heterocycles. The molecule has 0 aromatic heterocycles. The largest absolute Gasteiger partial charge is 0.481 e. The van der Waals surface area contributed by atoms with E-state index in [1.165, 1.54) is 0 Å². The second-order valence-corrected chi connectivity index (χ2v) is 4.09. The van der Waals surface area contributed by atoms with Crippen molar-refractivity contribution in [3.8, 4) is 0 Å². The van der Waals surface area contributed by atoms with Crippen molar-refractivity contribution in [2.45, 2.75) is 25.7 Å². The van der Waals surface area contributed by atoms with Crippen molar-refractivity contribution in [3.63, 3.8) is 0 Å². The number of carboxylic acids is 1. The normalized spacial score (nSPS) is 25.0. The van der Waals surface area contributed by atoms with Gasteiger partial charge < -0.3 is 14.6 Å². The van der Waals surface area contributed by atoms with Crippen LogP contribution < -0.4 is 0 Å². The summed E-state index contributed by atoms with van der Waals surface area (Å²) in [5.74, 6) is -0.421. The van der Waals surface area contributed by atoms with Crippen LogP contribution in [0.2, 0.25) is 0 Å². The van der Waals surface area contributed by atoms with Gasteiger partial charge in [-0.2, -0.15) is 0 Å². The number of hydrogen-bond acceptors (Lipinski definition) is 3. The number of rotatable bonds is 7. The summed E-state index contributed by atoms with van der Waals surface area (Å²) in [4.78, 5) is 20.9. The first kappa shape index (κ1) is 12.9. The molecule has 0 aliphatic carbocycles. The molecule has 0 aromatic rings. The number of ether oxygens (including phenoxy) is 1. The molecule has 0 bridgehead atoms. The molecule has 90 valence electrons. The average molecular weight is 226 g/mol. The standard InChI is InChI=1S/C12H18O4/c13-7-11-9-16-8-10(11)5-3-1-2-4-6-12(14)15/h1,3,7,10-11H,2,4-6,8-9H2,(H,14,15)/t10-,11+/m1/s1. The SMILES string of the molecule is O=C[C@H]1COC[C@H]1CC=CCCCC(=O)O. The fourth-order valence-electron chi connectivity index (χ4n) is 1.77. The van der Waals surface area contributed by atoms with Crippen LogP contribution in [0.4, 0.5) is 0 Å². The number of aliphatic carboxylic acids is 1. The van der Waals surface area contributed by atoms with E-state index in [1.807, 2.05) is 12.2 Å². The van der Waals surface area contributed by atoms with Gasteiger partial charge in [-0.25, -0.2) is 0 Å². The van der Waals surface area contributed by atoms with Gasteiger partial charge in [0.05, 0.1) is 13.2 Å². The van der Waals surface area contributed by atoms with Gasteiger partial charge in [0, 0.05) is 12.3 Å². The van der Waals surface area contributed by atoms with Crippen molar-refractivity contribution in [2.24, 2.45) is 11.8 Å². The minimum absolute atomic E-state index is 0.0312. The third kappa shape index (κ3) is 4.57. The van der Waals surface area contributed by atoms with Gasteiger partial charge in [0.25, 0.3) is 0 Å². The highest BCUT2D eigenvalue weighted by Crippen LogP contribution is 2.22. The summed E-state index contributed by atoms with van der Waals surface area (Å²) in [6.07, 6.45) is 7.50. The molecular weight excluding hydrogens is 208 g/mol. The molecule has 0 spiro atoms. The summed E-state index contributed by atoms with van der Waals surface area (Å²) < 4.78 is 5.23. The van der Waals surface area contributed by atoms with Crippen molar-refractivity contribution in [1.29, 1.82) is 0 Å². The molecule has 1 N–H and O–H groups in total. The molecule has 1 heterocycles. The first-order valence-electron chi connectivity index (χ1n) is 5.64. The van der Waals surface area contributed by atoms with Gasteiger partial charge in [0.15, 0.2) is 0 Å². The van der Waals surface area contributed by atoms with Gasteiger partial charge in [-0.05, 0) is 25.2 Å². The molecule has 4 heteroatoms. The lowest BCUT2D eigenvalue weighted by molar-refractivity contribution is -0.137. The van der Waals surface area contributed by atoms with Gasteiger partial charge in [-0.3, -0.25) is 4.79 Å². The van der Waals surface area contributed by atoms with Crippen LogP contribution in [0.5, 0.6) is 0 Å². The molecule has 0 aromatic carbocycles. The van der Waals surface area contributed by atoms with E-state index in [0.29, 0.717) is 25.6 Å². The summed E-state index contributed by atoms with van der Waals surface area (Å²) in [6, 6.07) is 0. The maximum atomic E-state index is 10.7. The van der Waals surface area contributed by atoms with Crippen LogP contribution in [-0.4, -0.2) is 30.6 Å². The topological polar surface area (TPSA) is 63.6 Å². The molecule has 1 saturated heterocycles. The molecule has 4 nitrogen and oxygen atoms in total. The molecule has 1 rings (SSSR count). The number of unbranched alkanes of at least 4 members (excludes halogenated alkanes) is 1. The fraction of sp³-hybridized carbons (Fsp3) is 0.667. The quantitative estimate of drug-likeness (QED) is 0.407. The third-order valence-corrected chi connectivity index (χ3v) is 2.79. The zero-order chi connectivity index (χ0) is 11.8. The lowest BCUT2D eigenvalue weighted by Gasteiger charge is -2.07. The van der Waals surface area contributed by atoms with Crippen LogP contribution in [-0.2, 0) is 14.3 Å². The van der Waals surface area contributed by atoms with Crippen molar-refractivity contribution in [2.75, 3.05) is 13.2 Å². The molecule has 2 atom stereocenters. The summed E-state index contributed by atoms with van der Waals surface area (Å²) >= 11 is 0. The number of aldehydes is 1. The average Bonchev–Trinajstić information content (AvgIpc) is 2.70. The zero-order valence-corrected chi connectivity index (χ0v) is 9.30. The smallest absolute Gasteiger partial charge is 0.303 e. The van der Waals surface area contributed by atoms with Crippen molar-refractivity contribution in [1.82, 2.24) is 0 Å². The fourth-order valence-corrected chi connectivity index (χ4v) is 1.77. The third-order valence-electron chi connectivity index (χ3n) is 2.79. The first-order valence-corrected chi connectivity index (χ1v) is 5.64. The van der Waals surface area contributed by atoms with Crippen molar-refractivity contribution in [3.05, 3.63) is 12.2 Å². The molecule has 0 radical (unpaired) electrons. The van der Waals surface area contributed by atoms with Crippen molar-refractivity contribution >= 4 is 12.3 Å². The van der Waals surface area contributed by atoms with Gasteiger partial charge >= 0.3 is 5.97 Å². The Hall–Kier alpha value is -1.16. The monoisotopic (exact) mass is 226 g/mol. The molecule has 16 heavy (non-hydrogen) atoms. The Bertz CT molecular complexity index is 260. The van der Waals surface area contributed by atoms with Crippen LogP contribution in [0, 0.1) is 11.8 Å². The Labute approximate surface area is 95.3 Å². The molecule has 0 unspecified atom stereocenters. The first-order chi connectivity index (χ1) is 7.74. The van der Waals surface area contributed by atoms with Crippen LogP contribution in [0.15, 0.2) is 12.2 Å². The highest BCUT2D eigenvalue weighted by atomic mass is 16.5. The summed E-state index contributed by atoms with van der Waals surface area (Å²) in [6.45, 7) is 1.20. The number of hydrogen-bond donors (Lipinski definition) is 1. The Morgan fingerprint density at radius 1 is 1.38 bits per heavy atom. The van der Waals surface area contributed by atoms with Gasteiger partial charge in [-0.15, -0.1) is 0 Å². The van der Waals surface area contributed by atoms with Gasteiger partial charge in [0.2, 0.25) is 0 Å². The van der Waals surface area contributed by atoms with Crippen LogP contribution >= 0.6 is 0 Å². The Morgan fingerprint density at radius 3 is 2.88 bits per heavy atom. The maximum Gasteiger partial charge on any atom is 0.303 e. The summed E-state index contributed by atoms with van der Waals surface area (Å²) in [5.41, 5.74) is 0. The summed E-state index contributed by atoms with van der Waals surface area (Å²) in [5, 5.41) is 8.43. The van der Waals surface area contributed by atoms with E-state index < -0.39 is 5.97 Å². The highest BCUT2D eigenvalue weighted by molar-refractivity contribution is 5.66. The van der Waals surface area contributed by atoms with E-state index in [4.69, 9.17) is 9.84 Å². The lowest BCUT2D eigenvalue weighted by Crippen LogP contribution is -2.12. The number of carboxylic acid groups (broad SMARTS) is 1. The van der Waals surface area contributed by atoms with E-state index in [9.17, 15) is 9.59 Å². The molecule has 1 fully saturated rings. The number of carbonyl (C=O) groups is 2. The Kier molecular flexibility index (Phi) is 5.78. The molecule has 0 amide bonds. The minimum Gasteiger partial charge on any atom is -0.481 e. The zero-order valence-electron chi connectivity index (χ0n) is 9.30. The van der Waals surface area contributed by atoms with Gasteiger partial charge in [-0.1, -0.05) is 12.2 Å². The number of allylic oxidation sites excluding steroid dienone is 2. The predicted molar refractivity (Wildman–Crippen MR) is 59.1 cm³/mol. The van der Waals surface area contributed by atoms with E-state index >= 15 is 0 Å².